The molecule has 0 saturated carbocycles. The van der Waals surface area contributed by atoms with Crippen molar-refractivity contribution in [3.63, 3.8) is 0 Å². The molecule has 0 aliphatic carbocycles. The molecule has 0 spiro atoms. The number of ether oxygens (including phenoxy) is 1. The maximum absolute atomic E-state index is 12.1. The van der Waals surface area contributed by atoms with Crippen LogP contribution in [0.15, 0.2) is 24.3 Å². The Morgan fingerprint density at radius 3 is 2.55 bits per heavy atom. The van der Waals surface area contributed by atoms with E-state index in [1.54, 1.807) is 13.0 Å². The number of halogens is 4. The van der Waals surface area contributed by atoms with Gasteiger partial charge in [0.25, 0.3) is 0 Å². The Labute approximate surface area is 117 Å². The molecule has 0 aliphatic heterocycles. The molecular formula is C12H11ClF3N3O. The topological polar surface area (TPSA) is 63.9 Å². The Kier molecular flexibility index (Phi) is 3.92. The molecule has 0 fully saturated rings. The van der Waals surface area contributed by atoms with Crippen LogP contribution in [0.25, 0.3) is 11.3 Å². The van der Waals surface area contributed by atoms with Gasteiger partial charge in [0.15, 0.2) is 0 Å². The molecule has 0 radical (unpaired) electrons. The fourth-order valence-corrected chi connectivity index (χ4v) is 1.80. The molecule has 1 atom stereocenters. The summed E-state index contributed by atoms with van der Waals surface area (Å²) in [4.78, 5) is 0. The summed E-state index contributed by atoms with van der Waals surface area (Å²) in [6.07, 6.45) is -4.78. The van der Waals surface area contributed by atoms with Gasteiger partial charge in [-0.3, -0.25) is 5.10 Å². The minimum atomic E-state index is -4.78. The Morgan fingerprint density at radius 1 is 1.35 bits per heavy atom. The van der Waals surface area contributed by atoms with Crippen LogP contribution in [0.5, 0.6) is 5.75 Å². The molecule has 108 valence electrons. The molecule has 1 aromatic carbocycles. The van der Waals surface area contributed by atoms with E-state index in [0.717, 1.165) is 6.07 Å². The van der Waals surface area contributed by atoms with Gasteiger partial charge in [-0.2, -0.15) is 5.10 Å². The molecule has 2 rings (SSSR count). The van der Waals surface area contributed by atoms with Crippen molar-refractivity contribution >= 4 is 11.6 Å². The molecule has 0 aliphatic rings. The summed E-state index contributed by atoms with van der Waals surface area (Å²) >= 11 is 5.77. The number of aromatic nitrogens is 2. The first-order valence-electron chi connectivity index (χ1n) is 5.63. The molecule has 4 nitrogen and oxygen atoms in total. The first-order valence-corrected chi connectivity index (χ1v) is 6.00. The number of H-pyrrole nitrogens is 1. The Bertz CT molecular complexity index is 610. The fraction of sp³-hybridized carbons (Fsp3) is 0.250. The van der Waals surface area contributed by atoms with E-state index >= 15 is 0 Å². The van der Waals surface area contributed by atoms with Crippen LogP contribution in [0.2, 0.25) is 5.02 Å². The minimum absolute atomic E-state index is 0.148. The molecule has 3 N–H and O–H groups in total. The van der Waals surface area contributed by atoms with Gasteiger partial charge in [-0.15, -0.1) is 13.2 Å². The number of benzene rings is 1. The third-order valence-electron chi connectivity index (χ3n) is 2.54. The van der Waals surface area contributed by atoms with Gasteiger partial charge in [-0.25, -0.2) is 0 Å². The van der Waals surface area contributed by atoms with Gasteiger partial charge in [-0.1, -0.05) is 11.6 Å². The first kappa shape index (κ1) is 14.7. The van der Waals surface area contributed by atoms with E-state index in [0.29, 0.717) is 17.0 Å². The van der Waals surface area contributed by atoms with Crippen molar-refractivity contribution in [2.45, 2.75) is 19.3 Å². The molecule has 1 heterocycles. The van der Waals surface area contributed by atoms with Crippen molar-refractivity contribution in [1.82, 2.24) is 10.2 Å². The van der Waals surface area contributed by atoms with E-state index in [1.807, 2.05) is 0 Å². The summed E-state index contributed by atoms with van der Waals surface area (Å²) in [7, 11) is 0. The van der Waals surface area contributed by atoms with E-state index in [-0.39, 0.29) is 11.1 Å². The maximum Gasteiger partial charge on any atom is 0.573 e. The minimum Gasteiger partial charge on any atom is -0.404 e. The van der Waals surface area contributed by atoms with E-state index in [9.17, 15) is 13.2 Å². The molecule has 8 heteroatoms. The summed E-state index contributed by atoms with van der Waals surface area (Å²) in [5.74, 6) is -0.453. The molecular weight excluding hydrogens is 295 g/mol. The van der Waals surface area contributed by atoms with Gasteiger partial charge in [-0.05, 0) is 31.2 Å². The van der Waals surface area contributed by atoms with Gasteiger partial charge in [0, 0.05) is 11.6 Å². The number of hydrogen-bond donors (Lipinski definition) is 2. The maximum atomic E-state index is 12.1. The van der Waals surface area contributed by atoms with Crippen LogP contribution in [0.1, 0.15) is 18.7 Å². The normalized spacial score (nSPS) is 13.3. The molecule has 0 amide bonds. The second-order valence-electron chi connectivity index (χ2n) is 4.19. The van der Waals surface area contributed by atoms with E-state index in [2.05, 4.69) is 14.9 Å². The SMILES string of the molecule is C[C@H](N)c1cc(-c2ccc(OC(F)(F)F)c(Cl)c2)n[nH]1. The second kappa shape index (κ2) is 5.34. The zero-order valence-corrected chi connectivity index (χ0v) is 11.1. The predicted octanol–water partition coefficient (Wildman–Crippen LogP) is 3.65. The quantitative estimate of drug-likeness (QED) is 0.910. The Hall–Kier alpha value is -1.73. The van der Waals surface area contributed by atoms with E-state index in [4.69, 9.17) is 17.3 Å². The van der Waals surface area contributed by atoms with Crippen molar-refractivity contribution in [2.24, 2.45) is 5.73 Å². The summed E-state index contributed by atoms with van der Waals surface area (Å²) in [6, 6.07) is 5.42. The summed E-state index contributed by atoms with van der Waals surface area (Å²) < 4.78 is 40.2. The molecule has 1 aromatic heterocycles. The van der Waals surface area contributed by atoms with Crippen molar-refractivity contribution in [2.75, 3.05) is 0 Å². The lowest BCUT2D eigenvalue weighted by atomic mass is 10.1. The highest BCUT2D eigenvalue weighted by atomic mass is 35.5. The third kappa shape index (κ3) is 3.43. The van der Waals surface area contributed by atoms with Crippen molar-refractivity contribution in [1.29, 1.82) is 0 Å². The van der Waals surface area contributed by atoms with Crippen LogP contribution in [-0.2, 0) is 0 Å². The van der Waals surface area contributed by atoms with Crippen LogP contribution in [-0.4, -0.2) is 16.6 Å². The zero-order valence-electron chi connectivity index (χ0n) is 10.3. The van der Waals surface area contributed by atoms with Crippen molar-refractivity contribution in [3.05, 3.63) is 35.0 Å². The standard InChI is InChI=1S/C12H11ClF3N3O/c1-6(17)9-5-10(19-18-9)7-2-3-11(8(13)4-7)20-12(14,15)16/h2-6H,17H2,1H3,(H,18,19)/t6-/m0/s1. The lowest BCUT2D eigenvalue weighted by molar-refractivity contribution is -0.274. The number of alkyl halides is 3. The lowest BCUT2D eigenvalue weighted by Gasteiger charge is -2.10. The fourth-order valence-electron chi connectivity index (χ4n) is 1.59. The smallest absolute Gasteiger partial charge is 0.404 e. The monoisotopic (exact) mass is 305 g/mol. The van der Waals surface area contributed by atoms with Gasteiger partial charge in [0.05, 0.1) is 16.4 Å². The average molecular weight is 306 g/mol. The molecule has 0 saturated heterocycles. The van der Waals surface area contributed by atoms with Gasteiger partial charge < -0.3 is 10.5 Å². The average Bonchev–Trinajstić information content (AvgIpc) is 2.79. The highest BCUT2D eigenvalue weighted by Gasteiger charge is 2.32. The first-order chi connectivity index (χ1) is 9.26. The number of nitrogens with zero attached hydrogens (tertiary/aromatic N) is 1. The number of hydrogen-bond acceptors (Lipinski definition) is 3. The third-order valence-corrected chi connectivity index (χ3v) is 2.84. The number of aromatic amines is 1. The summed E-state index contributed by atoms with van der Waals surface area (Å²) in [5.41, 5.74) is 7.50. The highest BCUT2D eigenvalue weighted by molar-refractivity contribution is 6.32. The van der Waals surface area contributed by atoms with Crippen LogP contribution in [0.3, 0.4) is 0 Å². The van der Waals surface area contributed by atoms with Crippen LogP contribution in [0.4, 0.5) is 13.2 Å². The second-order valence-corrected chi connectivity index (χ2v) is 4.60. The predicted molar refractivity (Wildman–Crippen MR) is 68.3 cm³/mol. The molecule has 0 unspecified atom stereocenters. The van der Waals surface area contributed by atoms with Gasteiger partial charge in [0.1, 0.15) is 5.75 Å². The number of nitrogens with two attached hydrogens (primary N) is 1. The number of rotatable bonds is 3. The molecule has 20 heavy (non-hydrogen) atoms. The lowest BCUT2D eigenvalue weighted by Crippen LogP contribution is -2.17. The van der Waals surface area contributed by atoms with E-state index in [1.165, 1.54) is 12.1 Å². The van der Waals surface area contributed by atoms with Crippen molar-refractivity contribution < 1.29 is 17.9 Å². The van der Waals surface area contributed by atoms with Crippen LogP contribution in [0, 0.1) is 0 Å². The Balaban J connectivity index is 2.28. The zero-order chi connectivity index (χ0) is 14.9. The van der Waals surface area contributed by atoms with Crippen molar-refractivity contribution in [3.8, 4) is 17.0 Å². The van der Waals surface area contributed by atoms with Crippen LogP contribution >= 0.6 is 11.6 Å². The number of nitrogens with one attached hydrogen (secondary N) is 1. The highest BCUT2D eigenvalue weighted by Crippen LogP contribution is 2.33. The summed E-state index contributed by atoms with van der Waals surface area (Å²) in [5, 5.41) is 6.63. The molecule has 0 bridgehead atoms. The largest absolute Gasteiger partial charge is 0.573 e. The van der Waals surface area contributed by atoms with Gasteiger partial charge >= 0.3 is 6.36 Å². The Morgan fingerprint density at radius 2 is 2.05 bits per heavy atom. The molecule has 2 aromatic rings. The van der Waals surface area contributed by atoms with Gasteiger partial charge in [0.2, 0.25) is 0 Å². The summed E-state index contributed by atoms with van der Waals surface area (Å²) in [6.45, 7) is 1.78. The van der Waals surface area contributed by atoms with E-state index < -0.39 is 12.1 Å². The van der Waals surface area contributed by atoms with Crippen LogP contribution < -0.4 is 10.5 Å².